The maximum atomic E-state index is 14.4. The van der Waals surface area contributed by atoms with Crippen LogP contribution >= 0.6 is 11.8 Å². The fraction of sp³-hybridized carbons (Fsp3) is 0.312. The van der Waals surface area contributed by atoms with Gasteiger partial charge in [-0.25, -0.2) is 0 Å². The van der Waals surface area contributed by atoms with Gasteiger partial charge in [0, 0.05) is 12.5 Å². The summed E-state index contributed by atoms with van der Waals surface area (Å²) < 4.78 is 4.50. The number of aryl methyl sites for hydroxylation is 1. The Morgan fingerprint density at radius 2 is 1.32 bits per heavy atom. The van der Waals surface area contributed by atoms with Crippen molar-refractivity contribution in [2.24, 2.45) is 0 Å². The number of amides is 1. The van der Waals surface area contributed by atoms with Crippen LogP contribution in [0.5, 0.6) is 0 Å². The van der Waals surface area contributed by atoms with Crippen LogP contribution in [0.1, 0.15) is 54.0 Å². The molecule has 2 atom stereocenters. The first-order valence-electron chi connectivity index (χ1n) is 13.6. The highest BCUT2D eigenvalue weighted by Crippen LogP contribution is 2.63. The molecule has 1 fully saturated rings. The lowest BCUT2D eigenvalue weighted by molar-refractivity contribution is -0.153. The molecule has 2 unspecified atom stereocenters. The van der Waals surface area contributed by atoms with Gasteiger partial charge in [-0.05, 0) is 37.5 Å². The maximum Gasteiger partial charge on any atom is 0.239 e. The average Bonchev–Trinajstić information content (AvgIpc) is 3.38. The predicted molar refractivity (Wildman–Crippen MR) is 162 cm³/mol. The molecular formula is C32H35N3O3SSi. The number of hydrogen-bond acceptors (Lipinski definition) is 6. The second-order valence-corrected chi connectivity index (χ2v) is 16.1. The number of β-lactam (4-membered cyclic amide) rings is 1. The minimum Gasteiger partial charge on any atom is -0.339 e. The number of aromatic nitrogens is 2. The molecule has 4 aromatic rings. The minimum atomic E-state index is -2.01. The van der Waals surface area contributed by atoms with Gasteiger partial charge in [-0.15, -0.1) is 11.8 Å². The number of carbonyl (C=O) groups is 2. The Labute approximate surface area is 241 Å². The molecule has 5 rings (SSSR count). The summed E-state index contributed by atoms with van der Waals surface area (Å²) in [6, 6.07) is 31.1. The summed E-state index contributed by atoms with van der Waals surface area (Å²) >= 11 is 1.67. The van der Waals surface area contributed by atoms with E-state index in [1.54, 1.807) is 18.7 Å². The number of ketones is 1. The van der Waals surface area contributed by atoms with Crippen molar-refractivity contribution in [3.8, 4) is 0 Å². The molecule has 1 saturated heterocycles. The van der Waals surface area contributed by atoms with E-state index >= 15 is 0 Å². The quantitative estimate of drug-likeness (QED) is 0.0795. The molecule has 1 amide bonds. The van der Waals surface area contributed by atoms with E-state index in [0.29, 0.717) is 5.89 Å². The molecule has 1 aliphatic heterocycles. The summed E-state index contributed by atoms with van der Waals surface area (Å²) in [4.78, 5) is 34.9. The van der Waals surface area contributed by atoms with E-state index in [1.807, 2.05) is 80.3 Å². The fourth-order valence-electron chi connectivity index (χ4n) is 5.82. The van der Waals surface area contributed by atoms with Crippen LogP contribution in [0.4, 0.5) is 0 Å². The van der Waals surface area contributed by atoms with Gasteiger partial charge >= 0.3 is 0 Å². The molecule has 0 bridgehead atoms. The van der Waals surface area contributed by atoms with Gasteiger partial charge in [0.1, 0.15) is 5.04 Å². The van der Waals surface area contributed by atoms with Crippen molar-refractivity contribution in [3.63, 3.8) is 0 Å². The molecule has 0 aliphatic carbocycles. The zero-order valence-electron chi connectivity index (χ0n) is 23.8. The van der Waals surface area contributed by atoms with Crippen LogP contribution in [0, 0.1) is 6.92 Å². The molecular weight excluding hydrogens is 535 g/mol. The molecule has 206 valence electrons. The molecule has 0 saturated carbocycles. The Hall–Kier alpha value is -3.49. The standard InChI is InChI=1S/C32H35N3O3SSi/c1-22-33-27(34-38-22)26(36)32(40(5)6)28(37)35(30(2,3)4)29(32)39-31(23-16-10-7-11-17-23,24-18-12-8-13-19-24)25-20-14-9-15-21-25/h7-21,29,40H,1-6H3. The number of likely N-dealkylation sites (tertiary alicyclic amines) is 1. The van der Waals surface area contributed by atoms with Gasteiger partial charge in [0.15, 0.2) is 0 Å². The van der Waals surface area contributed by atoms with Crippen LogP contribution in [-0.2, 0) is 9.54 Å². The fourth-order valence-corrected chi connectivity index (χ4v) is 10.9. The summed E-state index contributed by atoms with van der Waals surface area (Å²) in [6.45, 7) is 11.9. The van der Waals surface area contributed by atoms with Gasteiger partial charge in [-0.1, -0.05) is 109 Å². The molecule has 6 nitrogen and oxygen atoms in total. The zero-order valence-corrected chi connectivity index (χ0v) is 25.8. The van der Waals surface area contributed by atoms with Gasteiger partial charge in [-0.2, -0.15) is 4.98 Å². The van der Waals surface area contributed by atoms with E-state index < -0.39 is 29.5 Å². The summed E-state index contributed by atoms with van der Waals surface area (Å²) in [7, 11) is -2.01. The van der Waals surface area contributed by atoms with Crippen LogP contribution in [-0.4, -0.2) is 46.4 Å². The summed E-state index contributed by atoms with van der Waals surface area (Å²) in [5.41, 5.74) is 2.72. The van der Waals surface area contributed by atoms with Gasteiger partial charge in [0.25, 0.3) is 0 Å². The lowest BCUT2D eigenvalue weighted by atomic mass is 9.84. The van der Waals surface area contributed by atoms with Crippen molar-refractivity contribution in [2.45, 2.75) is 61.5 Å². The molecule has 0 N–H and O–H groups in total. The van der Waals surface area contributed by atoms with Crippen LogP contribution in [0.2, 0.25) is 18.1 Å². The second-order valence-electron chi connectivity index (χ2n) is 11.6. The highest BCUT2D eigenvalue weighted by atomic mass is 32.2. The number of Topliss-reactive ketones (excluding diaryl/α,β-unsaturated/α-hetero) is 1. The van der Waals surface area contributed by atoms with E-state index in [9.17, 15) is 9.59 Å². The van der Waals surface area contributed by atoms with E-state index in [4.69, 9.17) is 4.52 Å². The molecule has 3 aromatic carbocycles. The smallest absolute Gasteiger partial charge is 0.239 e. The van der Waals surface area contributed by atoms with Crippen molar-refractivity contribution in [2.75, 3.05) is 0 Å². The minimum absolute atomic E-state index is 0.0176. The lowest BCUT2D eigenvalue weighted by Crippen LogP contribution is -2.75. The van der Waals surface area contributed by atoms with Crippen molar-refractivity contribution < 1.29 is 14.1 Å². The third kappa shape index (κ3) is 4.34. The highest BCUT2D eigenvalue weighted by molar-refractivity contribution is 8.01. The van der Waals surface area contributed by atoms with Crippen LogP contribution in [0.3, 0.4) is 0 Å². The Morgan fingerprint density at radius 3 is 1.68 bits per heavy atom. The number of nitrogens with zero attached hydrogens (tertiary/aromatic N) is 3. The monoisotopic (exact) mass is 569 g/mol. The SMILES string of the molecule is Cc1nc(C(=O)C2([SiH](C)C)C(=O)N(C(C)(C)C)C2SC(c2ccccc2)(c2ccccc2)c2ccccc2)no1. The Bertz CT molecular complexity index is 1410. The molecule has 40 heavy (non-hydrogen) atoms. The van der Waals surface area contributed by atoms with Crippen molar-refractivity contribution in [1.29, 1.82) is 0 Å². The first-order valence-corrected chi connectivity index (χ1v) is 17.3. The summed E-state index contributed by atoms with van der Waals surface area (Å²) in [5, 5.41) is 2.28. The molecule has 8 heteroatoms. The zero-order chi connectivity index (χ0) is 28.7. The molecule has 0 spiro atoms. The van der Waals surface area contributed by atoms with Gasteiger partial charge < -0.3 is 9.42 Å². The normalized spacial score (nSPS) is 19.5. The first-order chi connectivity index (χ1) is 19.0. The van der Waals surface area contributed by atoms with E-state index in [0.717, 1.165) is 16.7 Å². The number of benzene rings is 3. The van der Waals surface area contributed by atoms with Crippen molar-refractivity contribution in [1.82, 2.24) is 15.0 Å². The molecule has 1 aliphatic rings. The second kappa shape index (κ2) is 10.5. The maximum absolute atomic E-state index is 14.4. The Kier molecular flexibility index (Phi) is 7.35. The van der Waals surface area contributed by atoms with Gasteiger partial charge in [-0.3, -0.25) is 9.59 Å². The Morgan fingerprint density at radius 1 is 0.875 bits per heavy atom. The van der Waals surface area contributed by atoms with Crippen molar-refractivity contribution in [3.05, 3.63) is 119 Å². The number of rotatable bonds is 8. The number of hydrogen-bond donors (Lipinski definition) is 0. The van der Waals surface area contributed by atoms with Crippen LogP contribution in [0.15, 0.2) is 95.5 Å². The summed E-state index contributed by atoms with van der Waals surface area (Å²) in [5.74, 6) is -0.192. The number of thioether (sulfide) groups is 1. The third-order valence-electron chi connectivity index (χ3n) is 7.77. The average molecular weight is 570 g/mol. The van der Waals surface area contributed by atoms with E-state index in [-0.39, 0.29) is 17.5 Å². The predicted octanol–water partition coefficient (Wildman–Crippen LogP) is 6.48. The van der Waals surface area contributed by atoms with Crippen LogP contribution < -0.4 is 0 Å². The van der Waals surface area contributed by atoms with Gasteiger partial charge in [0.2, 0.25) is 23.4 Å². The lowest BCUT2D eigenvalue weighted by Gasteiger charge is -2.62. The topological polar surface area (TPSA) is 76.3 Å². The Balaban J connectivity index is 1.80. The highest BCUT2D eigenvalue weighted by Gasteiger charge is 2.71. The van der Waals surface area contributed by atoms with E-state index in [2.05, 4.69) is 59.6 Å². The summed E-state index contributed by atoms with van der Waals surface area (Å²) in [6.07, 6.45) is 0. The molecule has 2 heterocycles. The van der Waals surface area contributed by atoms with E-state index in [1.165, 1.54) is 0 Å². The van der Waals surface area contributed by atoms with Crippen LogP contribution in [0.25, 0.3) is 0 Å². The third-order valence-corrected chi connectivity index (χ3v) is 12.5. The number of carbonyl (C=O) groups excluding carboxylic acids is 2. The molecule has 1 aromatic heterocycles. The first kappa shape index (κ1) is 28.1. The molecule has 0 radical (unpaired) electrons. The largest absolute Gasteiger partial charge is 0.339 e. The van der Waals surface area contributed by atoms with Gasteiger partial charge in [0.05, 0.1) is 18.9 Å². The van der Waals surface area contributed by atoms with Crippen molar-refractivity contribution >= 4 is 32.2 Å².